The number of nitrogens with one attached hydrogen (secondary N) is 3. The Balaban J connectivity index is 4.62. The van der Waals surface area contributed by atoms with Gasteiger partial charge in [-0.1, -0.05) is 41.5 Å². The van der Waals surface area contributed by atoms with Crippen LogP contribution in [-0.4, -0.2) is 48.1 Å². The van der Waals surface area contributed by atoms with Crippen LogP contribution < -0.4 is 16.0 Å². The van der Waals surface area contributed by atoms with Crippen molar-refractivity contribution in [3.05, 3.63) is 0 Å². The molecular weight excluding hydrogens is 382 g/mol. The average molecular weight is 426 g/mol. The Bertz CT molecular complexity index is 561. The number of carbonyl (C=O) groups excluding carboxylic acids is 4. The molecule has 0 atom stereocenters. The molecule has 0 saturated heterocycles. The quantitative estimate of drug-likeness (QED) is 0.472. The van der Waals surface area contributed by atoms with Crippen molar-refractivity contribution in [2.24, 2.45) is 10.8 Å². The molecule has 7 heteroatoms. The first-order valence-corrected chi connectivity index (χ1v) is 10.8. The summed E-state index contributed by atoms with van der Waals surface area (Å²) in [5.74, 6) is -0.212. The molecule has 0 fully saturated rings. The molecule has 0 unspecified atom stereocenters. The van der Waals surface area contributed by atoms with Crippen LogP contribution in [0.2, 0.25) is 0 Å². The summed E-state index contributed by atoms with van der Waals surface area (Å²) in [5, 5.41) is 8.86. The van der Waals surface area contributed by atoms with Gasteiger partial charge >= 0.3 is 0 Å². The third-order valence-electron chi connectivity index (χ3n) is 4.52. The molecular formula is C23H43N3O4. The van der Waals surface area contributed by atoms with Crippen molar-refractivity contribution in [3.8, 4) is 0 Å². The van der Waals surface area contributed by atoms with E-state index in [1.807, 2.05) is 62.3 Å². The molecule has 7 nitrogen and oxygen atoms in total. The molecule has 0 aromatic carbocycles. The maximum atomic E-state index is 12.3. The highest BCUT2D eigenvalue weighted by Gasteiger charge is 2.25. The van der Waals surface area contributed by atoms with E-state index >= 15 is 0 Å². The van der Waals surface area contributed by atoms with Gasteiger partial charge < -0.3 is 16.0 Å². The van der Waals surface area contributed by atoms with E-state index in [9.17, 15) is 19.2 Å². The fourth-order valence-corrected chi connectivity index (χ4v) is 2.76. The van der Waals surface area contributed by atoms with Crippen LogP contribution in [0.15, 0.2) is 0 Å². The molecule has 0 spiro atoms. The van der Waals surface area contributed by atoms with Gasteiger partial charge in [-0.3, -0.25) is 19.2 Å². The summed E-state index contributed by atoms with van der Waals surface area (Å²) in [6, 6.07) is -0.346. The third-order valence-corrected chi connectivity index (χ3v) is 4.52. The zero-order valence-corrected chi connectivity index (χ0v) is 20.5. The van der Waals surface area contributed by atoms with Crippen LogP contribution in [0.25, 0.3) is 0 Å². The fourth-order valence-electron chi connectivity index (χ4n) is 2.76. The lowest BCUT2D eigenvalue weighted by Crippen LogP contribution is -2.48. The van der Waals surface area contributed by atoms with E-state index in [0.29, 0.717) is 0 Å². The fraction of sp³-hybridized carbons (Fsp3) is 0.826. The maximum absolute atomic E-state index is 12.3. The molecule has 0 aliphatic heterocycles. The van der Waals surface area contributed by atoms with Crippen LogP contribution in [0.4, 0.5) is 0 Å². The standard InChI is InChI=1S/C23H43N3O4/c1-21(2,3)17(27)10-12-24-19(29)14-16(26-23(7,8)9)15-20(30)25-13-11-18(28)22(4,5)6/h16,26H,10-15H2,1-9H3,(H,24,29)(H,25,30). The van der Waals surface area contributed by atoms with Crippen LogP contribution in [0, 0.1) is 10.8 Å². The number of ketones is 2. The van der Waals surface area contributed by atoms with Crippen LogP contribution in [0.5, 0.6) is 0 Å². The average Bonchev–Trinajstić information content (AvgIpc) is 2.50. The van der Waals surface area contributed by atoms with Gasteiger partial charge in [-0.2, -0.15) is 0 Å². The molecule has 0 aromatic rings. The monoisotopic (exact) mass is 425 g/mol. The maximum Gasteiger partial charge on any atom is 0.221 e. The highest BCUT2D eigenvalue weighted by atomic mass is 16.2. The molecule has 0 aliphatic carbocycles. The van der Waals surface area contributed by atoms with Gasteiger partial charge in [0.25, 0.3) is 0 Å². The van der Waals surface area contributed by atoms with Crippen molar-refractivity contribution in [3.63, 3.8) is 0 Å². The summed E-state index contributed by atoms with van der Waals surface area (Å²) in [4.78, 5) is 48.6. The van der Waals surface area contributed by atoms with Gasteiger partial charge in [-0.05, 0) is 20.8 Å². The molecule has 174 valence electrons. The van der Waals surface area contributed by atoms with Crippen LogP contribution in [0.3, 0.4) is 0 Å². The molecule has 3 N–H and O–H groups in total. The highest BCUT2D eigenvalue weighted by Crippen LogP contribution is 2.17. The molecule has 0 rings (SSSR count). The Morgan fingerprint density at radius 3 is 1.23 bits per heavy atom. The van der Waals surface area contributed by atoms with Gasteiger partial charge in [0, 0.05) is 61.2 Å². The van der Waals surface area contributed by atoms with Crippen molar-refractivity contribution >= 4 is 23.4 Å². The molecule has 2 amide bonds. The second kappa shape index (κ2) is 11.6. The Morgan fingerprint density at radius 2 is 0.967 bits per heavy atom. The Hall–Kier alpha value is -1.76. The minimum absolute atomic E-state index is 0.0938. The normalized spacial score (nSPS) is 12.6. The Morgan fingerprint density at radius 1 is 0.633 bits per heavy atom. The van der Waals surface area contributed by atoms with E-state index in [4.69, 9.17) is 0 Å². The van der Waals surface area contributed by atoms with Crippen molar-refractivity contribution < 1.29 is 19.2 Å². The number of Topliss-reactive ketones (excluding diaryl/α,β-unsaturated/α-hetero) is 2. The topological polar surface area (TPSA) is 104 Å². The zero-order chi connectivity index (χ0) is 23.8. The summed E-state index contributed by atoms with van der Waals surface area (Å²) in [6.45, 7) is 17.6. The summed E-state index contributed by atoms with van der Waals surface area (Å²) in [7, 11) is 0. The van der Waals surface area contributed by atoms with Crippen LogP contribution in [-0.2, 0) is 19.2 Å². The van der Waals surface area contributed by atoms with E-state index in [1.165, 1.54) is 0 Å². The van der Waals surface area contributed by atoms with Gasteiger partial charge in [-0.15, -0.1) is 0 Å². The minimum Gasteiger partial charge on any atom is -0.356 e. The lowest BCUT2D eigenvalue weighted by Gasteiger charge is -2.28. The lowest BCUT2D eigenvalue weighted by molar-refractivity contribution is -0.127. The molecule has 0 heterocycles. The smallest absolute Gasteiger partial charge is 0.221 e. The first kappa shape index (κ1) is 28.2. The second-order valence-corrected chi connectivity index (χ2v) is 11.0. The van der Waals surface area contributed by atoms with E-state index in [-0.39, 0.29) is 73.7 Å². The largest absolute Gasteiger partial charge is 0.356 e. The first-order chi connectivity index (χ1) is 13.4. The summed E-state index contributed by atoms with van der Waals surface area (Å²) in [6.07, 6.45) is 0.842. The molecule has 0 saturated carbocycles. The number of hydrogen-bond donors (Lipinski definition) is 3. The first-order valence-electron chi connectivity index (χ1n) is 10.8. The second-order valence-electron chi connectivity index (χ2n) is 11.0. The Labute approximate surface area is 182 Å². The van der Waals surface area contributed by atoms with Crippen molar-refractivity contribution in [1.82, 2.24) is 16.0 Å². The number of amides is 2. The third kappa shape index (κ3) is 13.5. The van der Waals surface area contributed by atoms with Gasteiger partial charge in [-0.25, -0.2) is 0 Å². The minimum atomic E-state index is -0.423. The number of carbonyl (C=O) groups is 4. The van der Waals surface area contributed by atoms with Gasteiger partial charge in [0.05, 0.1) is 0 Å². The predicted molar refractivity (Wildman–Crippen MR) is 120 cm³/mol. The number of rotatable bonds is 11. The van der Waals surface area contributed by atoms with Crippen molar-refractivity contribution in [1.29, 1.82) is 0 Å². The zero-order valence-electron chi connectivity index (χ0n) is 20.5. The predicted octanol–water partition coefficient (Wildman–Crippen LogP) is 2.77. The molecule has 30 heavy (non-hydrogen) atoms. The van der Waals surface area contributed by atoms with E-state index < -0.39 is 10.8 Å². The van der Waals surface area contributed by atoms with Crippen molar-refractivity contribution in [2.75, 3.05) is 13.1 Å². The SMILES string of the molecule is CC(C)(C)NC(CC(=O)NCCC(=O)C(C)(C)C)CC(=O)NCCC(=O)C(C)(C)C. The molecule has 0 radical (unpaired) electrons. The summed E-state index contributed by atoms with van der Waals surface area (Å²) in [5.41, 5.74) is -1.11. The molecule has 0 aliphatic rings. The lowest BCUT2D eigenvalue weighted by atomic mass is 9.89. The van der Waals surface area contributed by atoms with E-state index in [0.717, 1.165) is 0 Å². The molecule has 0 aromatic heterocycles. The number of hydrogen-bond acceptors (Lipinski definition) is 5. The van der Waals surface area contributed by atoms with Gasteiger partial charge in [0.2, 0.25) is 11.8 Å². The van der Waals surface area contributed by atoms with Crippen LogP contribution >= 0.6 is 0 Å². The molecule has 0 bridgehead atoms. The summed E-state index contributed by atoms with van der Waals surface area (Å²) >= 11 is 0. The van der Waals surface area contributed by atoms with Crippen molar-refractivity contribution in [2.45, 2.75) is 99.6 Å². The van der Waals surface area contributed by atoms with Crippen LogP contribution in [0.1, 0.15) is 88.0 Å². The van der Waals surface area contributed by atoms with E-state index in [1.54, 1.807) is 0 Å². The van der Waals surface area contributed by atoms with Gasteiger partial charge in [0.1, 0.15) is 11.6 Å². The highest BCUT2D eigenvalue weighted by molar-refractivity contribution is 5.85. The van der Waals surface area contributed by atoms with Gasteiger partial charge in [0.15, 0.2) is 0 Å². The van der Waals surface area contributed by atoms with E-state index in [2.05, 4.69) is 16.0 Å². The Kier molecular flexibility index (Phi) is 10.9. The summed E-state index contributed by atoms with van der Waals surface area (Å²) < 4.78 is 0.